The summed E-state index contributed by atoms with van der Waals surface area (Å²) in [5, 5.41) is 0. The normalized spacial score (nSPS) is 12.0. The van der Waals surface area contributed by atoms with Crippen LogP contribution in [0.15, 0.2) is 0 Å². The average molecular weight is 186 g/mol. The second kappa shape index (κ2) is 5.37. The van der Waals surface area contributed by atoms with Crippen LogP contribution in [-0.2, 0) is 0 Å². The van der Waals surface area contributed by atoms with E-state index >= 15 is 0 Å². The van der Waals surface area contributed by atoms with E-state index in [4.69, 9.17) is 5.73 Å². The van der Waals surface area contributed by atoms with Crippen molar-refractivity contribution in [2.75, 3.05) is 13.1 Å². The van der Waals surface area contributed by atoms with Gasteiger partial charge in [-0.25, -0.2) is 0 Å². The third-order valence-electron chi connectivity index (χ3n) is 0.844. The fourth-order valence-corrected chi connectivity index (χ4v) is 0. The number of nitrogens with two attached hydrogens (primary N) is 2. The first-order valence-corrected chi connectivity index (χ1v) is 3.59. The molecule has 0 aliphatic rings. The zero-order valence-electron chi connectivity index (χ0n) is 7.70. The molecule has 0 aromatic carbocycles. The highest BCUT2D eigenvalue weighted by atomic mass is 19.4. The van der Waals surface area contributed by atoms with E-state index in [0.29, 0.717) is 5.41 Å². The molecule has 4 N–H and O–H groups in total. The van der Waals surface area contributed by atoms with Crippen molar-refractivity contribution in [3.63, 3.8) is 0 Å². The van der Waals surface area contributed by atoms with Gasteiger partial charge in [0.1, 0.15) is 0 Å². The molecule has 0 amide bonds. The summed E-state index contributed by atoms with van der Waals surface area (Å²) < 4.78 is 32.0. The molecular weight excluding hydrogens is 169 g/mol. The van der Waals surface area contributed by atoms with E-state index in [1.807, 2.05) is 0 Å². The quantitative estimate of drug-likeness (QED) is 0.602. The monoisotopic (exact) mass is 186 g/mol. The molecule has 0 aromatic rings. The number of hydrogen-bond acceptors (Lipinski definition) is 2. The van der Waals surface area contributed by atoms with Gasteiger partial charge < -0.3 is 11.5 Å². The van der Waals surface area contributed by atoms with Gasteiger partial charge in [0.05, 0.1) is 6.54 Å². The Balaban J connectivity index is 0. The first-order chi connectivity index (χ1) is 5.12. The van der Waals surface area contributed by atoms with Crippen LogP contribution in [0.2, 0.25) is 0 Å². The summed E-state index contributed by atoms with van der Waals surface area (Å²) in [4.78, 5) is 0. The van der Waals surface area contributed by atoms with E-state index in [0.717, 1.165) is 6.54 Å². The number of halogens is 3. The third-order valence-corrected chi connectivity index (χ3v) is 0.844. The van der Waals surface area contributed by atoms with Gasteiger partial charge in [-0.15, -0.1) is 0 Å². The molecule has 0 aromatic heterocycles. The van der Waals surface area contributed by atoms with E-state index in [1.165, 1.54) is 0 Å². The van der Waals surface area contributed by atoms with Crippen molar-refractivity contribution in [2.45, 2.75) is 26.9 Å². The average Bonchev–Trinajstić information content (AvgIpc) is 1.86. The summed E-state index contributed by atoms with van der Waals surface area (Å²) >= 11 is 0. The van der Waals surface area contributed by atoms with Crippen LogP contribution in [0.25, 0.3) is 0 Å². The molecule has 0 aliphatic carbocycles. The summed E-state index contributed by atoms with van der Waals surface area (Å²) in [6.07, 6.45) is -4.18. The smallest absolute Gasteiger partial charge is 0.330 e. The van der Waals surface area contributed by atoms with E-state index < -0.39 is 12.7 Å². The Morgan fingerprint density at radius 1 is 0.917 bits per heavy atom. The Labute approximate surface area is 71.1 Å². The predicted octanol–water partition coefficient (Wildman–Crippen LogP) is 1.50. The fourth-order valence-electron chi connectivity index (χ4n) is 0. The molecule has 0 atom stereocenters. The lowest BCUT2D eigenvalue weighted by molar-refractivity contribution is -0.118. The maximum Gasteiger partial charge on any atom is 0.400 e. The van der Waals surface area contributed by atoms with Crippen molar-refractivity contribution in [1.29, 1.82) is 0 Å². The van der Waals surface area contributed by atoms with Crippen LogP contribution < -0.4 is 11.5 Å². The maximum absolute atomic E-state index is 10.7. The summed E-state index contributed by atoms with van der Waals surface area (Å²) in [6, 6.07) is 0. The van der Waals surface area contributed by atoms with Gasteiger partial charge in [-0.1, -0.05) is 20.8 Å². The lowest BCUT2D eigenvalue weighted by Gasteiger charge is -2.12. The summed E-state index contributed by atoms with van der Waals surface area (Å²) in [5.74, 6) is 0. The SMILES string of the molecule is CC(C)(C)CN.NCC(F)(F)F. The molecule has 0 radical (unpaired) electrons. The van der Waals surface area contributed by atoms with Gasteiger partial charge in [0, 0.05) is 0 Å². The van der Waals surface area contributed by atoms with Crippen molar-refractivity contribution in [3.8, 4) is 0 Å². The molecule has 0 fully saturated rings. The van der Waals surface area contributed by atoms with Gasteiger partial charge in [-0.3, -0.25) is 0 Å². The largest absolute Gasteiger partial charge is 0.400 e. The Morgan fingerprint density at radius 2 is 1.08 bits per heavy atom. The van der Waals surface area contributed by atoms with E-state index in [2.05, 4.69) is 26.5 Å². The molecule has 76 valence electrons. The fraction of sp³-hybridized carbons (Fsp3) is 1.00. The minimum Gasteiger partial charge on any atom is -0.330 e. The lowest BCUT2D eigenvalue weighted by atomic mass is 9.98. The Kier molecular flexibility index (Phi) is 6.38. The first kappa shape index (κ1) is 14.2. The predicted molar refractivity (Wildman–Crippen MR) is 43.6 cm³/mol. The minimum atomic E-state index is -4.18. The first-order valence-electron chi connectivity index (χ1n) is 3.59. The molecule has 0 unspecified atom stereocenters. The van der Waals surface area contributed by atoms with Crippen LogP contribution in [0.5, 0.6) is 0 Å². The van der Waals surface area contributed by atoms with Gasteiger partial charge >= 0.3 is 6.18 Å². The van der Waals surface area contributed by atoms with Crippen LogP contribution in [-0.4, -0.2) is 19.3 Å². The highest BCUT2D eigenvalue weighted by Gasteiger charge is 2.23. The van der Waals surface area contributed by atoms with E-state index in [9.17, 15) is 13.2 Å². The second-order valence-corrected chi connectivity index (χ2v) is 3.58. The Hall–Kier alpha value is -0.290. The molecular formula is C7H17F3N2. The highest BCUT2D eigenvalue weighted by molar-refractivity contribution is 4.59. The molecule has 0 bridgehead atoms. The van der Waals surface area contributed by atoms with Crippen molar-refractivity contribution in [3.05, 3.63) is 0 Å². The molecule has 2 nitrogen and oxygen atoms in total. The summed E-state index contributed by atoms with van der Waals surface area (Å²) in [6.45, 7) is 5.90. The maximum atomic E-state index is 10.7. The van der Waals surface area contributed by atoms with Crippen LogP contribution in [0, 0.1) is 5.41 Å². The van der Waals surface area contributed by atoms with Gasteiger partial charge in [0.2, 0.25) is 0 Å². The van der Waals surface area contributed by atoms with Gasteiger partial charge in [-0.05, 0) is 12.0 Å². The van der Waals surface area contributed by atoms with Crippen LogP contribution >= 0.6 is 0 Å². The van der Waals surface area contributed by atoms with E-state index in [-0.39, 0.29) is 0 Å². The molecule has 0 spiro atoms. The Bertz CT molecular complexity index is 90.2. The topological polar surface area (TPSA) is 52.0 Å². The standard InChI is InChI=1S/C5H13N.C2H4F3N/c1-5(2,3)4-6;3-2(4,5)1-6/h4,6H2,1-3H3;1,6H2. The summed E-state index contributed by atoms with van der Waals surface area (Å²) in [5.41, 5.74) is 9.81. The van der Waals surface area contributed by atoms with Crippen LogP contribution in [0.3, 0.4) is 0 Å². The number of hydrogen-bond donors (Lipinski definition) is 2. The molecule has 0 aliphatic heterocycles. The van der Waals surface area contributed by atoms with Gasteiger partial charge in [0.15, 0.2) is 0 Å². The minimum absolute atomic E-state index is 0.319. The zero-order chi connectivity index (χ0) is 10.4. The third kappa shape index (κ3) is 22.6. The van der Waals surface area contributed by atoms with Crippen molar-refractivity contribution >= 4 is 0 Å². The van der Waals surface area contributed by atoms with Crippen LogP contribution in [0.4, 0.5) is 13.2 Å². The Morgan fingerprint density at radius 3 is 1.08 bits per heavy atom. The molecule has 12 heavy (non-hydrogen) atoms. The van der Waals surface area contributed by atoms with Gasteiger partial charge in [-0.2, -0.15) is 13.2 Å². The van der Waals surface area contributed by atoms with Crippen molar-refractivity contribution in [1.82, 2.24) is 0 Å². The van der Waals surface area contributed by atoms with Crippen molar-refractivity contribution in [2.24, 2.45) is 16.9 Å². The summed E-state index contributed by atoms with van der Waals surface area (Å²) in [7, 11) is 0. The molecule has 0 rings (SSSR count). The lowest BCUT2D eigenvalue weighted by Crippen LogP contribution is -2.21. The molecule has 0 saturated carbocycles. The second-order valence-electron chi connectivity index (χ2n) is 3.58. The molecule has 0 saturated heterocycles. The highest BCUT2D eigenvalue weighted by Crippen LogP contribution is 2.10. The molecule has 5 heteroatoms. The van der Waals surface area contributed by atoms with Gasteiger partial charge in [0.25, 0.3) is 0 Å². The number of alkyl halides is 3. The number of rotatable bonds is 0. The zero-order valence-corrected chi connectivity index (χ0v) is 7.70. The van der Waals surface area contributed by atoms with Crippen molar-refractivity contribution < 1.29 is 13.2 Å². The molecule has 0 heterocycles. The van der Waals surface area contributed by atoms with Crippen LogP contribution in [0.1, 0.15) is 20.8 Å². The van der Waals surface area contributed by atoms with E-state index in [1.54, 1.807) is 0 Å².